The van der Waals surface area contributed by atoms with Crippen LogP contribution in [0.1, 0.15) is 39.7 Å². The molecule has 0 aliphatic heterocycles. The zero-order valence-electron chi connectivity index (χ0n) is 11.0. The van der Waals surface area contributed by atoms with Crippen LogP contribution in [0.3, 0.4) is 0 Å². The summed E-state index contributed by atoms with van der Waals surface area (Å²) < 4.78 is 0. The number of hydrogen-bond acceptors (Lipinski definition) is 0. The first-order valence-electron chi connectivity index (χ1n) is 5.37. The predicted octanol–water partition coefficient (Wildman–Crippen LogP) is 4.75. The second-order valence-corrected chi connectivity index (χ2v) is 3.20. The molecule has 1 heteroatoms. The Morgan fingerprint density at radius 1 is 1.07 bits per heavy atom. The number of benzene rings is 1. The fourth-order valence-corrected chi connectivity index (χ4v) is 1.16. The van der Waals surface area contributed by atoms with Gasteiger partial charge in [-0.2, -0.15) is 0 Å². The van der Waals surface area contributed by atoms with Gasteiger partial charge < -0.3 is 7.43 Å². The molecule has 0 bridgehead atoms. The Labute approximate surface area is 122 Å². The van der Waals surface area contributed by atoms with E-state index in [1.165, 1.54) is 18.4 Å². The summed E-state index contributed by atoms with van der Waals surface area (Å²) in [7, 11) is 0. The van der Waals surface area contributed by atoms with Crippen LogP contribution in [0.4, 0.5) is 0 Å². The van der Waals surface area contributed by atoms with E-state index in [4.69, 9.17) is 0 Å². The molecule has 85 valence electrons. The van der Waals surface area contributed by atoms with E-state index < -0.39 is 0 Å². The molecule has 1 aromatic carbocycles. The molecule has 15 heavy (non-hydrogen) atoms. The van der Waals surface area contributed by atoms with Crippen LogP contribution in [0.2, 0.25) is 0 Å². The van der Waals surface area contributed by atoms with Crippen molar-refractivity contribution in [2.75, 3.05) is 0 Å². The van der Waals surface area contributed by atoms with Gasteiger partial charge >= 0.3 is 0 Å². The van der Waals surface area contributed by atoms with Gasteiger partial charge in [-0.25, -0.2) is 0 Å². The molecule has 0 nitrogen and oxygen atoms in total. The standard InChI is InChI=1S/C11H16.C2H6.CH3.Y/c1-3-10(2)9-11-7-5-4-6-8-11;1-2;;/h4-8,10H,3,9H2,1-2H3;1-2H3;1H3;/q;;-1;. The van der Waals surface area contributed by atoms with E-state index in [1.807, 2.05) is 13.8 Å². The minimum atomic E-state index is 0. The summed E-state index contributed by atoms with van der Waals surface area (Å²) in [6, 6.07) is 10.7. The van der Waals surface area contributed by atoms with E-state index in [2.05, 4.69) is 44.2 Å². The molecule has 1 aromatic rings. The van der Waals surface area contributed by atoms with Crippen LogP contribution in [0.15, 0.2) is 30.3 Å². The average molecular weight is 282 g/mol. The average Bonchev–Trinajstić information content (AvgIpc) is 2.22. The Kier molecular flexibility index (Phi) is 19.8. The predicted molar refractivity (Wildman–Crippen MR) is 67.4 cm³/mol. The molecule has 0 aliphatic rings. The van der Waals surface area contributed by atoms with E-state index in [9.17, 15) is 0 Å². The topological polar surface area (TPSA) is 0 Å². The SMILES string of the molecule is CC.CCC(C)Cc1ccccc1.[CH3-].[Y]. The Bertz CT molecular complexity index is 194. The van der Waals surface area contributed by atoms with Crippen LogP contribution < -0.4 is 0 Å². The molecular weight excluding hydrogens is 257 g/mol. The summed E-state index contributed by atoms with van der Waals surface area (Å²) in [6.07, 6.45) is 2.49. The maximum atomic E-state index is 2.30. The fraction of sp³-hybridized carbons (Fsp3) is 0.500. The third kappa shape index (κ3) is 10.6. The molecule has 1 unspecified atom stereocenters. The summed E-state index contributed by atoms with van der Waals surface area (Å²) >= 11 is 0. The van der Waals surface area contributed by atoms with Gasteiger partial charge in [-0.15, -0.1) is 0 Å². The molecule has 0 spiro atoms. The van der Waals surface area contributed by atoms with E-state index in [0.717, 1.165) is 5.92 Å². The molecule has 0 heterocycles. The summed E-state index contributed by atoms with van der Waals surface area (Å²) in [5.41, 5.74) is 1.46. The fourth-order valence-electron chi connectivity index (χ4n) is 1.16. The second kappa shape index (κ2) is 14.3. The monoisotopic (exact) mass is 282 g/mol. The van der Waals surface area contributed by atoms with Crippen molar-refractivity contribution in [1.29, 1.82) is 0 Å². The van der Waals surface area contributed by atoms with Crippen LogP contribution >= 0.6 is 0 Å². The Balaban J connectivity index is -0.000000339. The van der Waals surface area contributed by atoms with Crippen LogP contribution in [0.25, 0.3) is 0 Å². The molecule has 0 saturated carbocycles. The van der Waals surface area contributed by atoms with Gasteiger partial charge in [-0.1, -0.05) is 64.4 Å². The third-order valence-electron chi connectivity index (χ3n) is 2.12. The smallest absolute Gasteiger partial charge is 0 e. The van der Waals surface area contributed by atoms with E-state index in [-0.39, 0.29) is 40.1 Å². The Morgan fingerprint density at radius 2 is 1.53 bits per heavy atom. The van der Waals surface area contributed by atoms with Crippen molar-refractivity contribution in [3.63, 3.8) is 0 Å². The van der Waals surface area contributed by atoms with Gasteiger partial charge in [0.1, 0.15) is 0 Å². The van der Waals surface area contributed by atoms with Crippen molar-refractivity contribution in [3.8, 4) is 0 Å². The summed E-state index contributed by atoms with van der Waals surface area (Å²) in [6.45, 7) is 8.54. The van der Waals surface area contributed by atoms with Gasteiger partial charge in [-0.05, 0) is 17.9 Å². The van der Waals surface area contributed by atoms with Crippen molar-refractivity contribution in [1.82, 2.24) is 0 Å². The summed E-state index contributed by atoms with van der Waals surface area (Å²) in [5.74, 6) is 0.817. The van der Waals surface area contributed by atoms with Crippen LogP contribution in [-0.2, 0) is 39.1 Å². The van der Waals surface area contributed by atoms with Crippen LogP contribution in [-0.4, -0.2) is 0 Å². The summed E-state index contributed by atoms with van der Waals surface area (Å²) in [5, 5.41) is 0. The van der Waals surface area contributed by atoms with Gasteiger partial charge in [0.05, 0.1) is 0 Å². The number of hydrogen-bond donors (Lipinski definition) is 0. The largest absolute Gasteiger partial charge is 0.358 e. The van der Waals surface area contributed by atoms with Crippen molar-refractivity contribution in [3.05, 3.63) is 43.3 Å². The number of rotatable bonds is 3. The van der Waals surface area contributed by atoms with Gasteiger partial charge in [-0.3, -0.25) is 0 Å². The summed E-state index contributed by atoms with van der Waals surface area (Å²) in [4.78, 5) is 0. The molecular formula is C14H25Y-. The molecule has 1 rings (SSSR count). The minimum Gasteiger partial charge on any atom is -0.358 e. The normalized spacial score (nSPS) is 9.87. The van der Waals surface area contributed by atoms with E-state index in [0.29, 0.717) is 0 Å². The maximum Gasteiger partial charge on any atom is 0 e. The van der Waals surface area contributed by atoms with Crippen molar-refractivity contribution in [2.45, 2.75) is 40.5 Å². The van der Waals surface area contributed by atoms with E-state index >= 15 is 0 Å². The third-order valence-corrected chi connectivity index (χ3v) is 2.12. The van der Waals surface area contributed by atoms with Crippen molar-refractivity contribution in [2.24, 2.45) is 5.92 Å². The van der Waals surface area contributed by atoms with Gasteiger partial charge in [0, 0.05) is 32.7 Å². The zero-order chi connectivity index (χ0) is 10.1. The molecule has 0 saturated heterocycles. The molecule has 0 fully saturated rings. The Hall–Kier alpha value is 0.324. The minimum absolute atomic E-state index is 0. The maximum absolute atomic E-state index is 2.30. The molecule has 0 aromatic heterocycles. The molecule has 0 N–H and O–H groups in total. The van der Waals surface area contributed by atoms with Gasteiger partial charge in [0.2, 0.25) is 0 Å². The first-order chi connectivity index (χ1) is 6.33. The molecule has 1 radical (unpaired) electrons. The first kappa shape index (κ1) is 20.7. The van der Waals surface area contributed by atoms with Crippen LogP contribution in [0.5, 0.6) is 0 Å². The first-order valence-corrected chi connectivity index (χ1v) is 5.37. The van der Waals surface area contributed by atoms with Gasteiger partial charge in [0.25, 0.3) is 0 Å². The van der Waals surface area contributed by atoms with Gasteiger partial charge in [0.15, 0.2) is 0 Å². The van der Waals surface area contributed by atoms with Crippen LogP contribution in [0, 0.1) is 13.3 Å². The Morgan fingerprint density at radius 3 is 1.93 bits per heavy atom. The molecule has 0 amide bonds. The second-order valence-electron chi connectivity index (χ2n) is 3.20. The van der Waals surface area contributed by atoms with Crippen molar-refractivity contribution < 1.29 is 32.7 Å². The quantitative estimate of drug-likeness (QED) is 0.702. The van der Waals surface area contributed by atoms with E-state index in [1.54, 1.807) is 0 Å². The van der Waals surface area contributed by atoms with Crippen molar-refractivity contribution >= 4 is 0 Å². The zero-order valence-corrected chi connectivity index (χ0v) is 13.8. The molecule has 1 atom stereocenters. The molecule has 0 aliphatic carbocycles.